The van der Waals surface area contributed by atoms with Gasteiger partial charge in [0.05, 0.1) is 17.9 Å². The van der Waals surface area contributed by atoms with Crippen LogP contribution in [0.1, 0.15) is 46.7 Å². The van der Waals surface area contributed by atoms with Crippen LogP contribution in [0.15, 0.2) is 36.4 Å². The molecule has 2 heterocycles. The van der Waals surface area contributed by atoms with E-state index in [1.807, 2.05) is 41.1 Å². The molecule has 1 amide bonds. The predicted octanol–water partition coefficient (Wildman–Crippen LogP) is 3.77. The van der Waals surface area contributed by atoms with E-state index >= 15 is 0 Å². The quantitative estimate of drug-likeness (QED) is 0.786. The minimum absolute atomic E-state index is 0.000149. The van der Waals surface area contributed by atoms with Crippen molar-refractivity contribution in [2.24, 2.45) is 5.92 Å². The van der Waals surface area contributed by atoms with E-state index in [2.05, 4.69) is 56.8 Å². The van der Waals surface area contributed by atoms with Gasteiger partial charge < -0.3 is 10.2 Å². The second kappa shape index (κ2) is 9.31. The summed E-state index contributed by atoms with van der Waals surface area (Å²) in [6, 6.07) is 12.4. The Morgan fingerprint density at radius 1 is 1.27 bits per heavy atom. The summed E-state index contributed by atoms with van der Waals surface area (Å²) in [5.74, 6) is 1.28. The molecule has 6 heteroatoms. The Balaban J connectivity index is 1.72. The molecule has 1 aromatic carbocycles. The van der Waals surface area contributed by atoms with Crippen molar-refractivity contribution in [2.45, 2.75) is 52.5 Å². The Hall–Kier alpha value is -2.18. The molecule has 1 saturated heterocycles. The maximum atomic E-state index is 12.9. The standard InChI is InChI=1S/C24H37N5O/c1-7-28-14-13-20(18(2)16-28)27(6)17-23(30)25-22-15-21(24(3,4)5)26-29(22)19-11-9-8-10-12-19/h8-12,15,18,20H,7,13-14,16-17H2,1-6H3,(H,25,30)/t18-,20-/m0/s1. The van der Waals surface area contributed by atoms with Gasteiger partial charge in [0.25, 0.3) is 0 Å². The van der Waals surface area contributed by atoms with Crippen molar-refractivity contribution in [1.29, 1.82) is 0 Å². The Morgan fingerprint density at radius 3 is 2.57 bits per heavy atom. The number of hydrogen-bond acceptors (Lipinski definition) is 4. The highest BCUT2D eigenvalue weighted by molar-refractivity contribution is 5.91. The summed E-state index contributed by atoms with van der Waals surface area (Å²) < 4.78 is 1.83. The average Bonchev–Trinajstić information content (AvgIpc) is 3.12. The maximum Gasteiger partial charge on any atom is 0.239 e. The number of carbonyl (C=O) groups is 1. The third-order valence-electron chi connectivity index (χ3n) is 6.10. The van der Waals surface area contributed by atoms with E-state index in [1.54, 1.807) is 0 Å². The number of anilines is 1. The van der Waals surface area contributed by atoms with Crippen LogP contribution in [0, 0.1) is 5.92 Å². The number of hydrogen-bond donors (Lipinski definition) is 1. The molecule has 3 rings (SSSR count). The number of amides is 1. The molecule has 30 heavy (non-hydrogen) atoms. The van der Waals surface area contributed by atoms with E-state index in [0.717, 1.165) is 43.3 Å². The Kier molecular flexibility index (Phi) is 6.98. The van der Waals surface area contributed by atoms with Crippen LogP contribution in [-0.2, 0) is 10.2 Å². The average molecular weight is 412 g/mol. The summed E-state index contributed by atoms with van der Waals surface area (Å²) in [4.78, 5) is 17.6. The number of benzene rings is 1. The number of likely N-dealkylation sites (N-methyl/N-ethyl adjacent to an activating group) is 1. The largest absolute Gasteiger partial charge is 0.309 e. The van der Waals surface area contributed by atoms with Crippen molar-refractivity contribution in [3.8, 4) is 5.69 Å². The Bertz CT molecular complexity index is 839. The van der Waals surface area contributed by atoms with Crippen molar-refractivity contribution in [3.63, 3.8) is 0 Å². The first-order valence-corrected chi connectivity index (χ1v) is 11.1. The molecule has 1 aliphatic rings. The summed E-state index contributed by atoms with van der Waals surface area (Å²) in [5.41, 5.74) is 1.80. The number of rotatable bonds is 6. The third-order valence-corrected chi connectivity index (χ3v) is 6.10. The van der Waals surface area contributed by atoms with Gasteiger partial charge in [-0.15, -0.1) is 0 Å². The molecular weight excluding hydrogens is 374 g/mol. The lowest BCUT2D eigenvalue weighted by atomic mass is 9.92. The van der Waals surface area contributed by atoms with E-state index in [4.69, 9.17) is 5.10 Å². The third kappa shape index (κ3) is 5.29. The second-order valence-electron chi connectivity index (χ2n) is 9.60. The lowest BCUT2D eigenvalue weighted by molar-refractivity contribution is -0.118. The van der Waals surface area contributed by atoms with Gasteiger partial charge in [-0.3, -0.25) is 9.69 Å². The van der Waals surface area contributed by atoms with Crippen molar-refractivity contribution in [1.82, 2.24) is 19.6 Å². The minimum atomic E-state index is -0.0982. The smallest absolute Gasteiger partial charge is 0.239 e. The maximum absolute atomic E-state index is 12.9. The number of likely N-dealkylation sites (tertiary alicyclic amines) is 1. The number of nitrogens with zero attached hydrogens (tertiary/aromatic N) is 4. The van der Waals surface area contributed by atoms with Gasteiger partial charge in [0.2, 0.25) is 5.91 Å². The summed E-state index contributed by atoms with van der Waals surface area (Å²) >= 11 is 0. The van der Waals surface area contributed by atoms with E-state index in [1.165, 1.54) is 0 Å². The van der Waals surface area contributed by atoms with Crippen molar-refractivity contribution in [3.05, 3.63) is 42.1 Å². The number of aromatic nitrogens is 2. The molecular formula is C24H37N5O. The van der Waals surface area contributed by atoms with Gasteiger partial charge >= 0.3 is 0 Å². The van der Waals surface area contributed by atoms with E-state index in [0.29, 0.717) is 18.5 Å². The highest BCUT2D eigenvalue weighted by Gasteiger charge is 2.29. The van der Waals surface area contributed by atoms with Crippen LogP contribution in [0.4, 0.5) is 5.82 Å². The fraction of sp³-hybridized carbons (Fsp3) is 0.583. The molecule has 1 N–H and O–H groups in total. The highest BCUT2D eigenvalue weighted by Crippen LogP contribution is 2.26. The molecule has 0 saturated carbocycles. The first kappa shape index (κ1) is 22.5. The second-order valence-corrected chi connectivity index (χ2v) is 9.60. The van der Waals surface area contributed by atoms with Gasteiger partial charge in [0.15, 0.2) is 0 Å². The first-order valence-electron chi connectivity index (χ1n) is 11.1. The molecule has 1 fully saturated rings. The van der Waals surface area contributed by atoms with Crippen molar-refractivity contribution < 1.29 is 4.79 Å². The number of nitrogens with one attached hydrogen (secondary N) is 1. The topological polar surface area (TPSA) is 53.4 Å². The normalized spacial score (nSPS) is 20.5. The van der Waals surface area contributed by atoms with E-state index in [-0.39, 0.29) is 11.3 Å². The molecule has 0 spiro atoms. The number of para-hydroxylation sites is 1. The van der Waals surface area contributed by atoms with E-state index < -0.39 is 0 Å². The SMILES string of the molecule is CCN1CC[C@H](N(C)CC(=O)Nc2cc(C(C)(C)C)nn2-c2ccccc2)[C@@H](C)C1. The predicted molar refractivity (Wildman–Crippen MR) is 123 cm³/mol. The molecule has 0 bridgehead atoms. The van der Waals surface area contributed by atoms with Crippen LogP contribution in [-0.4, -0.2) is 64.8 Å². The van der Waals surface area contributed by atoms with Gasteiger partial charge in [0, 0.05) is 24.1 Å². The monoisotopic (exact) mass is 411 g/mol. The molecule has 0 radical (unpaired) electrons. The highest BCUT2D eigenvalue weighted by atomic mass is 16.2. The zero-order valence-electron chi connectivity index (χ0n) is 19.4. The lowest BCUT2D eigenvalue weighted by Crippen LogP contribution is -2.50. The molecule has 164 valence electrons. The minimum Gasteiger partial charge on any atom is -0.309 e. The van der Waals surface area contributed by atoms with Gasteiger partial charge in [0.1, 0.15) is 5.82 Å². The first-order chi connectivity index (χ1) is 14.2. The summed E-state index contributed by atoms with van der Waals surface area (Å²) in [6.45, 7) is 14.6. The van der Waals surface area contributed by atoms with E-state index in [9.17, 15) is 4.79 Å². The molecule has 1 aromatic heterocycles. The molecule has 0 unspecified atom stereocenters. The summed E-state index contributed by atoms with van der Waals surface area (Å²) in [7, 11) is 2.07. The summed E-state index contributed by atoms with van der Waals surface area (Å²) in [5, 5.41) is 7.90. The van der Waals surface area contributed by atoms with Crippen molar-refractivity contribution >= 4 is 11.7 Å². The van der Waals surface area contributed by atoms with Crippen molar-refractivity contribution in [2.75, 3.05) is 38.5 Å². The summed E-state index contributed by atoms with van der Waals surface area (Å²) in [6.07, 6.45) is 1.11. The fourth-order valence-corrected chi connectivity index (χ4v) is 4.29. The van der Waals surface area contributed by atoms with Gasteiger partial charge in [-0.05, 0) is 44.6 Å². The zero-order valence-corrected chi connectivity index (χ0v) is 19.4. The molecule has 6 nitrogen and oxygen atoms in total. The lowest BCUT2D eigenvalue weighted by Gasteiger charge is -2.40. The Labute approximate surface area is 181 Å². The van der Waals surface area contributed by atoms with Crippen LogP contribution >= 0.6 is 0 Å². The van der Waals surface area contributed by atoms with Gasteiger partial charge in [-0.1, -0.05) is 52.8 Å². The van der Waals surface area contributed by atoms with Crippen LogP contribution in [0.5, 0.6) is 0 Å². The molecule has 2 atom stereocenters. The van der Waals surface area contributed by atoms with Crippen LogP contribution in [0.25, 0.3) is 5.69 Å². The van der Waals surface area contributed by atoms with Crippen LogP contribution < -0.4 is 5.32 Å². The molecule has 2 aromatic rings. The fourth-order valence-electron chi connectivity index (χ4n) is 4.29. The van der Waals surface area contributed by atoms with Crippen LogP contribution in [0.2, 0.25) is 0 Å². The molecule has 1 aliphatic heterocycles. The Morgan fingerprint density at radius 2 is 1.97 bits per heavy atom. The van der Waals surface area contributed by atoms with Gasteiger partial charge in [-0.25, -0.2) is 4.68 Å². The van der Waals surface area contributed by atoms with Crippen LogP contribution in [0.3, 0.4) is 0 Å². The number of piperidine rings is 1. The molecule has 0 aliphatic carbocycles. The van der Waals surface area contributed by atoms with Gasteiger partial charge in [-0.2, -0.15) is 5.10 Å². The zero-order chi connectivity index (χ0) is 21.9. The number of carbonyl (C=O) groups excluding carboxylic acids is 1.